The van der Waals surface area contributed by atoms with Gasteiger partial charge in [0.05, 0.1) is 32.8 Å². The van der Waals surface area contributed by atoms with Gasteiger partial charge in [0.2, 0.25) is 5.91 Å². The lowest BCUT2D eigenvalue weighted by Gasteiger charge is -2.40. The predicted molar refractivity (Wildman–Crippen MR) is 141 cm³/mol. The minimum atomic E-state index is -2.09. The third-order valence-corrected chi connectivity index (χ3v) is 7.84. The molecule has 3 aromatic rings. The van der Waals surface area contributed by atoms with Crippen molar-refractivity contribution in [2.75, 3.05) is 33.8 Å². The minimum absolute atomic E-state index is 0.200. The van der Waals surface area contributed by atoms with Gasteiger partial charge in [-0.3, -0.25) is 4.79 Å². The largest absolute Gasteiger partial charge is 0.497 e. The second kappa shape index (κ2) is 10.0. The summed E-state index contributed by atoms with van der Waals surface area (Å²) in [5.41, 5.74) is -2.19. The van der Waals surface area contributed by atoms with E-state index in [9.17, 15) is 15.0 Å². The molecule has 3 N–H and O–H groups in total. The number of nitrogens with one attached hydrogen (secondary N) is 1. The molecule has 1 aliphatic heterocycles. The van der Waals surface area contributed by atoms with Crippen molar-refractivity contribution in [3.63, 3.8) is 0 Å². The van der Waals surface area contributed by atoms with Crippen molar-refractivity contribution >= 4 is 17.5 Å². The number of hydrogen-bond acceptors (Lipinski definition) is 7. The number of fused-ring (bicyclic) bond motifs is 3. The van der Waals surface area contributed by atoms with Crippen LogP contribution in [0, 0.1) is 5.92 Å². The zero-order valence-electron chi connectivity index (χ0n) is 21.3. The minimum Gasteiger partial charge on any atom is -0.497 e. The number of methoxy groups -OCH3 is 3. The summed E-state index contributed by atoms with van der Waals surface area (Å²) in [6.07, 6.45) is -1.58. The van der Waals surface area contributed by atoms with Gasteiger partial charge in [-0.15, -0.1) is 11.6 Å². The van der Waals surface area contributed by atoms with Crippen LogP contribution in [0.3, 0.4) is 0 Å². The molecule has 1 amide bonds. The van der Waals surface area contributed by atoms with Crippen molar-refractivity contribution in [3.8, 4) is 23.0 Å². The van der Waals surface area contributed by atoms with Crippen molar-refractivity contribution in [3.05, 3.63) is 83.4 Å². The molecule has 5 atom stereocenters. The monoisotopic (exact) mass is 539 g/mol. The van der Waals surface area contributed by atoms with Crippen molar-refractivity contribution in [2.24, 2.45) is 5.92 Å². The first-order valence-electron chi connectivity index (χ1n) is 12.3. The van der Waals surface area contributed by atoms with Crippen LogP contribution in [-0.2, 0) is 16.0 Å². The number of alkyl halides is 1. The highest BCUT2D eigenvalue weighted by Gasteiger charge is 2.78. The third-order valence-electron chi connectivity index (χ3n) is 7.65. The second-order valence-corrected chi connectivity index (χ2v) is 9.75. The lowest BCUT2D eigenvalue weighted by atomic mass is 9.70. The van der Waals surface area contributed by atoms with Crippen LogP contribution in [0.15, 0.2) is 66.7 Å². The van der Waals surface area contributed by atoms with E-state index in [-0.39, 0.29) is 23.7 Å². The number of rotatable bonds is 8. The Morgan fingerprint density at radius 2 is 1.68 bits per heavy atom. The topological polar surface area (TPSA) is 106 Å². The summed E-state index contributed by atoms with van der Waals surface area (Å²) in [5.74, 6) is -0.524. The second-order valence-electron chi connectivity index (χ2n) is 9.37. The molecule has 5 unspecified atom stereocenters. The van der Waals surface area contributed by atoms with Crippen LogP contribution in [-0.4, -0.2) is 56.0 Å². The Morgan fingerprint density at radius 3 is 2.29 bits per heavy atom. The molecule has 0 saturated heterocycles. The Labute approximate surface area is 226 Å². The van der Waals surface area contributed by atoms with Crippen LogP contribution in [0.25, 0.3) is 0 Å². The number of hydrogen-bond donors (Lipinski definition) is 3. The zero-order valence-corrected chi connectivity index (χ0v) is 22.1. The summed E-state index contributed by atoms with van der Waals surface area (Å²) in [6.45, 7) is 0.205. The van der Waals surface area contributed by atoms with Gasteiger partial charge in [0.15, 0.2) is 11.2 Å². The normalized spacial score (nSPS) is 27.2. The van der Waals surface area contributed by atoms with Crippen molar-refractivity contribution < 1.29 is 34.0 Å². The zero-order chi connectivity index (χ0) is 27.1. The van der Waals surface area contributed by atoms with Gasteiger partial charge < -0.3 is 34.5 Å². The Bertz CT molecular complexity index is 1320. The molecule has 1 aliphatic carbocycles. The fraction of sp³-hybridized carbons (Fsp3) is 0.345. The maximum absolute atomic E-state index is 13.6. The lowest BCUT2D eigenvalue weighted by molar-refractivity contribution is -0.154. The number of halogens is 1. The predicted octanol–water partition coefficient (Wildman–Crippen LogP) is 3.32. The number of amides is 1. The number of ether oxygens (including phenoxy) is 4. The highest BCUT2D eigenvalue weighted by atomic mass is 35.5. The molecular weight excluding hydrogens is 510 g/mol. The SMILES string of the molecule is COc1ccc(C23Oc4cc(OC)cc(OC)c4C2(O)C(O)C(C(=O)NCCCl)C3c2ccccc2)cc1. The van der Waals surface area contributed by atoms with Crippen LogP contribution in [0.1, 0.15) is 22.6 Å². The Balaban J connectivity index is 1.84. The van der Waals surface area contributed by atoms with E-state index in [0.29, 0.717) is 28.4 Å². The molecule has 3 aromatic carbocycles. The van der Waals surface area contributed by atoms with Gasteiger partial charge >= 0.3 is 0 Å². The molecule has 2 aliphatic rings. The van der Waals surface area contributed by atoms with Gasteiger partial charge in [-0.05, 0) is 23.3 Å². The van der Waals surface area contributed by atoms with E-state index in [1.54, 1.807) is 43.5 Å². The quantitative estimate of drug-likeness (QED) is 0.377. The van der Waals surface area contributed by atoms with Crippen molar-refractivity contribution in [1.29, 1.82) is 0 Å². The fourth-order valence-corrected chi connectivity index (χ4v) is 6.18. The highest BCUT2D eigenvalue weighted by Crippen LogP contribution is 2.70. The van der Waals surface area contributed by atoms with Gasteiger partial charge in [0.25, 0.3) is 0 Å². The maximum Gasteiger partial charge on any atom is 0.226 e. The first-order valence-corrected chi connectivity index (χ1v) is 12.8. The van der Waals surface area contributed by atoms with E-state index in [1.165, 1.54) is 14.2 Å². The first kappa shape index (κ1) is 26.2. The summed E-state index contributed by atoms with van der Waals surface area (Å²) in [5, 5.41) is 27.6. The molecule has 0 bridgehead atoms. The maximum atomic E-state index is 13.6. The Morgan fingerprint density at radius 1 is 1.00 bits per heavy atom. The highest BCUT2D eigenvalue weighted by molar-refractivity contribution is 6.18. The van der Waals surface area contributed by atoms with E-state index in [4.69, 9.17) is 30.5 Å². The molecule has 200 valence electrons. The lowest BCUT2D eigenvalue weighted by Crippen LogP contribution is -2.52. The van der Waals surface area contributed by atoms with Gasteiger partial charge in [-0.25, -0.2) is 0 Å². The standard InChI is InChI=1S/C29H30ClNO7/c1-35-19-11-9-18(10-12-19)29-24(17-7-5-4-6-8-17)23(27(33)31-14-13-30)26(32)28(29,34)25-21(37-3)15-20(36-2)16-22(25)38-29/h4-12,15-16,23-24,26,32,34H,13-14H2,1-3H3,(H,31,33). The van der Waals surface area contributed by atoms with E-state index in [0.717, 1.165) is 0 Å². The van der Waals surface area contributed by atoms with Crippen LogP contribution in [0.4, 0.5) is 0 Å². The molecule has 8 nitrogen and oxygen atoms in total. The Hall–Kier alpha value is -3.46. The van der Waals surface area contributed by atoms with Crippen LogP contribution < -0.4 is 24.3 Å². The van der Waals surface area contributed by atoms with Gasteiger partial charge in [-0.1, -0.05) is 42.5 Å². The molecule has 1 fully saturated rings. The summed E-state index contributed by atoms with van der Waals surface area (Å²) in [6, 6.07) is 19.6. The van der Waals surface area contributed by atoms with Gasteiger partial charge in [0, 0.05) is 30.5 Å². The van der Waals surface area contributed by atoms with E-state index >= 15 is 0 Å². The van der Waals surface area contributed by atoms with Crippen LogP contribution in [0.5, 0.6) is 23.0 Å². The van der Waals surface area contributed by atoms with Gasteiger partial charge in [-0.2, -0.15) is 0 Å². The molecular formula is C29H30ClNO7. The molecule has 1 saturated carbocycles. The molecule has 9 heteroatoms. The first-order chi connectivity index (χ1) is 18.4. The van der Waals surface area contributed by atoms with Crippen molar-refractivity contribution in [2.45, 2.75) is 23.2 Å². The number of aliphatic hydroxyl groups is 2. The molecule has 38 heavy (non-hydrogen) atoms. The average Bonchev–Trinajstić information content (AvgIpc) is 3.34. The number of carbonyl (C=O) groups is 1. The van der Waals surface area contributed by atoms with Crippen LogP contribution >= 0.6 is 11.6 Å². The third kappa shape index (κ3) is 3.62. The Kier molecular flexibility index (Phi) is 6.90. The average molecular weight is 540 g/mol. The number of benzene rings is 3. The summed E-state index contributed by atoms with van der Waals surface area (Å²) in [7, 11) is 4.54. The van der Waals surface area contributed by atoms with E-state index in [2.05, 4.69) is 5.32 Å². The summed E-state index contributed by atoms with van der Waals surface area (Å²) in [4.78, 5) is 13.6. The fourth-order valence-electron chi connectivity index (χ4n) is 6.08. The molecule has 5 rings (SSSR count). The smallest absolute Gasteiger partial charge is 0.226 e. The summed E-state index contributed by atoms with van der Waals surface area (Å²) >= 11 is 5.86. The van der Waals surface area contributed by atoms with Crippen LogP contribution in [0.2, 0.25) is 0 Å². The molecule has 1 heterocycles. The molecule has 0 spiro atoms. The van der Waals surface area contributed by atoms with E-state index in [1.807, 2.05) is 30.3 Å². The number of aliphatic hydroxyl groups excluding tert-OH is 1. The summed E-state index contributed by atoms with van der Waals surface area (Å²) < 4.78 is 23.3. The van der Waals surface area contributed by atoms with Crippen molar-refractivity contribution in [1.82, 2.24) is 5.32 Å². The molecule has 0 radical (unpaired) electrons. The van der Waals surface area contributed by atoms with Gasteiger partial charge in [0.1, 0.15) is 29.1 Å². The number of carbonyl (C=O) groups excluding carboxylic acids is 1. The van der Waals surface area contributed by atoms with E-state index < -0.39 is 35.0 Å². The molecule has 0 aromatic heterocycles.